The molecule has 0 heterocycles. The number of nitrogens with one attached hydrogen (secondary N) is 2. The number of hydrogen-bond donors (Lipinski definition) is 2. The van der Waals surface area contributed by atoms with Crippen molar-refractivity contribution >= 4 is 12.0 Å². The number of ether oxygens (including phenoxy) is 2. The van der Waals surface area contributed by atoms with Gasteiger partial charge in [-0.2, -0.15) is 0 Å². The summed E-state index contributed by atoms with van der Waals surface area (Å²) < 4.78 is 10.4. The molecule has 0 aliphatic heterocycles. The SMILES string of the molecule is CCCOCCCNC(=O)CCCNC(=O)OC(C)(C)C. The summed E-state index contributed by atoms with van der Waals surface area (Å²) in [5.41, 5.74) is -0.499. The van der Waals surface area contributed by atoms with E-state index in [4.69, 9.17) is 9.47 Å². The van der Waals surface area contributed by atoms with E-state index in [2.05, 4.69) is 17.6 Å². The van der Waals surface area contributed by atoms with E-state index in [0.717, 1.165) is 19.4 Å². The first-order valence-corrected chi connectivity index (χ1v) is 7.66. The summed E-state index contributed by atoms with van der Waals surface area (Å²) in [5.74, 6) is -0.00326. The van der Waals surface area contributed by atoms with Gasteiger partial charge in [0.25, 0.3) is 0 Å². The highest BCUT2D eigenvalue weighted by molar-refractivity contribution is 5.75. The van der Waals surface area contributed by atoms with E-state index < -0.39 is 11.7 Å². The summed E-state index contributed by atoms with van der Waals surface area (Å²) in [4.78, 5) is 22.9. The van der Waals surface area contributed by atoms with Crippen LogP contribution >= 0.6 is 0 Å². The molecule has 0 aromatic carbocycles. The van der Waals surface area contributed by atoms with Crippen LogP contribution in [0, 0.1) is 0 Å². The molecule has 0 rings (SSSR count). The first kappa shape index (κ1) is 19.7. The molecule has 0 unspecified atom stereocenters. The quantitative estimate of drug-likeness (QED) is 0.607. The fourth-order valence-corrected chi connectivity index (χ4v) is 1.49. The molecule has 0 saturated carbocycles. The lowest BCUT2D eigenvalue weighted by atomic mass is 10.2. The lowest BCUT2D eigenvalue weighted by Gasteiger charge is -2.19. The second-order valence-electron chi connectivity index (χ2n) is 5.85. The summed E-state index contributed by atoms with van der Waals surface area (Å²) >= 11 is 0. The van der Waals surface area contributed by atoms with E-state index in [9.17, 15) is 9.59 Å². The molecule has 124 valence electrons. The number of amides is 2. The second kappa shape index (κ2) is 11.4. The molecule has 0 aromatic rings. The average Bonchev–Trinajstić information content (AvgIpc) is 2.37. The fraction of sp³-hybridized carbons (Fsp3) is 0.867. The first-order valence-electron chi connectivity index (χ1n) is 7.66. The Balaban J connectivity index is 3.43. The van der Waals surface area contributed by atoms with Crippen LogP contribution in [0.15, 0.2) is 0 Å². The van der Waals surface area contributed by atoms with Gasteiger partial charge in [-0.1, -0.05) is 6.92 Å². The third-order valence-electron chi connectivity index (χ3n) is 2.38. The molecular weight excluding hydrogens is 272 g/mol. The Kier molecular flexibility index (Phi) is 10.7. The standard InChI is InChI=1S/C15H30N2O4/c1-5-11-20-12-7-10-16-13(18)8-6-9-17-14(19)21-15(2,3)4/h5-12H2,1-4H3,(H,16,18)(H,17,19). The molecule has 6 heteroatoms. The van der Waals surface area contributed by atoms with E-state index in [1.165, 1.54) is 0 Å². The summed E-state index contributed by atoms with van der Waals surface area (Å²) in [6, 6.07) is 0. The van der Waals surface area contributed by atoms with Crippen LogP contribution in [-0.2, 0) is 14.3 Å². The van der Waals surface area contributed by atoms with E-state index in [1.54, 1.807) is 0 Å². The van der Waals surface area contributed by atoms with Gasteiger partial charge < -0.3 is 20.1 Å². The van der Waals surface area contributed by atoms with Crippen molar-refractivity contribution < 1.29 is 19.1 Å². The fourth-order valence-electron chi connectivity index (χ4n) is 1.49. The minimum Gasteiger partial charge on any atom is -0.444 e. The Hall–Kier alpha value is -1.30. The van der Waals surface area contributed by atoms with Crippen LogP contribution in [0.5, 0.6) is 0 Å². The zero-order valence-corrected chi connectivity index (χ0v) is 13.8. The Labute approximate surface area is 127 Å². The van der Waals surface area contributed by atoms with Gasteiger partial charge in [-0.05, 0) is 40.0 Å². The third kappa shape index (κ3) is 14.9. The number of carbonyl (C=O) groups is 2. The summed E-state index contributed by atoms with van der Waals surface area (Å²) in [6.07, 6.45) is 2.37. The van der Waals surface area contributed by atoms with E-state index in [0.29, 0.717) is 32.5 Å². The first-order chi connectivity index (χ1) is 9.85. The van der Waals surface area contributed by atoms with Gasteiger partial charge in [0.1, 0.15) is 5.60 Å². The predicted octanol–water partition coefficient (Wildman–Crippen LogP) is 2.22. The Morgan fingerprint density at radius 3 is 2.29 bits per heavy atom. The molecule has 0 spiro atoms. The summed E-state index contributed by atoms with van der Waals surface area (Å²) in [6.45, 7) is 9.99. The molecule has 2 N–H and O–H groups in total. The second-order valence-corrected chi connectivity index (χ2v) is 5.85. The Bertz CT molecular complexity index is 301. The van der Waals surface area contributed by atoms with Gasteiger partial charge in [0.2, 0.25) is 5.91 Å². The van der Waals surface area contributed by atoms with Crippen molar-refractivity contribution in [3.8, 4) is 0 Å². The smallest absolute Gasteiger partial charge is 0.407 e. The molecule has 0 fully saturated rings. The van der Waals surface area contributed by atoms with Crippen LogP contribution in [0.25, 0.3) is 0 Å². The maximum Gasteiger partial charge on any atom is 0.407 e. The monoisotopic (exact) mass is 302 g/mol. The normalized spacial score (nSPS) is 11.0. The maximum atomic E-state index is 11.5. The zero-order chi connectivity index (χ0) is 16.1. The van der Waals surface area contributed by atoms with Crippen molar-refractivity contribution in [1.82, 2.24) is 10.6 Å². The number of rotatable bonds is 10. The Morgan fingerprint density at radius 2 is 1.67 bits per heavy atom. The minimum absolute atomic E-state index is 0.00326. The van der Waals surface area contributed by atoms with E-state index in [-0.39, 0.29) is 5.91 Å². The molecule has 21 heavy (non-hydrogen) atoms. The van der Waals surface area contributed by atoms with Crippen LogP contribution in [0.4, 0.5) is 4.79 Å². The Morgan fingerprint density at radius 1 is 1.00 bits per heavy atom. The van der Waals surface area contributed by atoms with Gasteiger partial charge >= 0.3 is 6.09 Å². The topological polar surface area (TPSA) is 76.7 Å². The molecule has 0 saturated heterocycles. The predicted molar refractivity (Wildman–Crippen MR) is 82.2 cm³/mol. The highest BCUT2D eigenvalue weighted by Gasteiger charge is 2.15. The highest BCUT2D eigenvalue weighted by Crippen LogP contribution is 2.06. The van der Waals surface area contributed by atoms with Crippen molar-refractivity contribution in [2.75, 3.05) is 26.3 Å². The molecule has 0 aliphatic rings. The molecule has 0 atom stereocenters. The van der Waals surface area contributed by atoms with Crippen LogP contribution in [0.1, 0.15) is 53.4 Å². The molecule has 6 nitrogen and oxygen atoms in total. The van der Waals surface area contributed by atoms with Crippen LogP contribution in [0.2, 0.25) is 0 Å². The van der Waals surface area contributed by atoms with Gasteiger partial charge in [-0.25, -0.2) is 4.79 Å². The van der Waals surface area contributed by atoms with Gasteiger partial charge in [0.05, 0.1) is 0 Å². The minimum atomic E-state index is -0.499. The van der Waals surface area contributed by atoms with Gasteiger partial charge in [-0.15, -0.1) is 0 Å². The maximum absolute atomic E-state index is 11.5. The molecule has 0 aliphatic carbocycles. The molecule has 0 radical (unpaired) electrons. The van der Waals surface area contributed by atoms with Crippen molar-refractivity contribution in [3.05, 3.63) is 0 Å². The van der Waals surface area contributed by atoms with E-state index in [1.807, 2.05) is 20.8 Å². The van der Waals surface area contributed by atoms with Crippen molar-refractivity contribution in [3.63, 3.8) is 0 Å². The highest BCUT2D eigenvalue weighted by atomic mass is 16.6. The van der Waals surface area contributed by atoms with Crippen LogP contribution in [0.3, 0.4) is 0 Å². The third-order valence-corrected chi connectivity index (χ3v) is 2.38. The molecule has 0 aromatic heterocycles. The number of carbonyl (C=O) groups excluding carboxylic acids is 2. The van der Waals surface area contributed by atoms with Crippen molar-refractivity contribution in [2.45, 2.75) is 59.0 Å². The number of hydrogen-bond acceptors (Lipinski definition) is 4. The lowest BCUT2D eigenvalue weighted by Crippen LogP contribution is -2.33. The zero-order valence-electron chi connectivity index (χ0n) is 13.8. The molecule has 0 bridgehead atoms. The number of alkyl carbamates (subject to hydrolysis) is 1. The largest absolute Gasteiger partial charge is 0.444 e. The average molecular weight is 302 g/mol. The van der Waals surface area contributed by atoms with Gasteiger partial charge in [0.15, 0.2) is 0 Å². The van der Waals surface area contributed by atoms with Gasteiger partial charge in [0, 0.05) is 32.7 Å². The van der Waals surface area contributed by atoms with Gasteiger partial charge in [-0.3, -0.25) is 4.79 Å². The molecule has 2 amide bonds. The van der Waals surface area contributed by atoms with E-state index >= 15 is 0 Å². The lowest BCUT2D eigenvalue weighted by molar-refractivity contribution is -0.121. The van der Waals surface area contributed by atoms with Crippen LogP contribution in [-0.4, -0.2) is 43.9 Å². The summed E-state index contributed by atoms with van der Waals surface area (Å²) in [5, 5.41) is 5.45. The van der Waals surface area contributed by atoms with Crippen molar-refractivity contribution in [1.29, 1.82) is 0 Å². The summed E-state index contributed by atoms with van der Waals surface area (Å²) in [7, 11) is 0. The van der Waals surface area contributed by atoms with Crippen LogP contribution < -0.4 is 10.6 Å². The molecular formula is C15H30N2O4. The van der Waals surface area contributed by atoms with Crippen molar-refractivity contribution in [2.24, 2.45) is 0 Å².